The molecular formula is C15H20ClN3O. The first kappa shape index (κ1) is 15.0. The number of aromatic nitrogens is 2. The van der Waals surface area contributed by atoms with Gasteiger partial charge in [-0.2, -0.15) is 0 Å². The molecule has 0 aliphatic carbocycles. The Balaban J connectivity index is 1.91. The Morgan fingerprint density at radius 1 is 1.15 bits per heavy atom. The van der Waals surface area contributed by atoms with Crippen LogP contribution < -0.4 is 5.73 Å². The van der Waals surface area contributed by atoms with Gasteiger partial charge in [0.2, 0.25) is 11.8 Å². The lowest BCUT2D eigenvalue weighted by Crippen LogP contribution is -2.13. The summed E-state index contributed by atoms with van der Waals surface area (Å²) in [5, 5.41) is 8.83. The maximum absolute atomic E-state index is 6.02. The highest BCUT2D eigenvalue weighted by atomic mass is 35.5. The number of hydrogen-bond acceptors (Lipinski definition) is 4. The van der Waals surface area contributed by atoms with E-state index in [-0.39, 0.29) is 6.04 Å². The molecule has 2 aromatic rings. The van der Waals surface area contributed by atoms with Gasteiger partial charge in [0.05, 0.1) is 6.04 Å². The third kappa shape index (κ3) is 4.32. The minimum absolute atomic E-state index is 0.174. The molecule has 20 heavy (non-hydrogen) atoms. The molecule has 0 radical (unpaired) electrons. The molecule has 0 saturated heterocycles. The van der Waals surface area contributed by atoms with Crippen LogP contribution >= 0.6 is 11.6 Å². The number of hydrogen-bond donors (Lipinski definition) is 1. The van der Waals surface area contributed by atoms with Crippen LogP contribution in [0.4, 0.5) is 0 Å². The Hall–Kier alpha value is -1.39. The van der Waals surface area contributed by atoms with Gasteiger partial charge in [-0.1, -0.05) is 37.6 Å². The quantitative estimate of drug-likeness (QED) is 0.884. The highest BCUT2D eigenvalue weighted by Crippen LogP contribution is 2.18. The van der Waals surface area contributed by atoms with Crippen LogP contribution in [0, 0.1) is 5.92 Å². The number of aryl methyl sites for hydroxylation is 2. The lowest BCUT2D eigenvalue weighted by molar-refractivity contribution is 0.383. The van der Waals surface area contributed by atoms with Crippen molar-refractivity contribution in [2.45, 2.75) is 39.2 Å². The Labute approximate surface area is 124 Å². The zero-order valence-electron chi connectivity index (χ0n) is 11.8. The molecule has 0 aliphatic rings. The highest BCUT2D eigenvalue weighted by Gasteiger charge is 2.15. The Morgan fingerprint density at radius 2 is 1.85 bits per heavy atom. The van der Waals surface area contributed by atoms with Gasteiger partial charge in [-0.25, -0.2) is 0 Å². The van der Waals surface area contributed by atoms with Crippen molar-refractivity contribution in [2.75, 3.05) is 0 Å². The summed E-state index contributed by atoms with van der Waals surface area (Å²) in [7, 11) is 0. The number of benzene rings is 1. The molecular weight excluding hydrogens is 274 g/mol. The molecule has 2 rings (SSSR count). The van der Waals surface area contributed by atoms with Crippen LogP contribution in [-0.2, 0) is 12.8 Å². The third-order valence-corrected chi connectivity index (χ3v) is 3.32. The second-order valence-electron chi connectivity index (χ2n) is 5.40. The first-order valence-electron chi connectivity index (χ1n) is 6.87. The van der Waals surface area contributed by atoms with E-state index >= 15 is 0 Å². The molecule has 2 N–H and O–H groups in total. The van der Waals surface area contributed by atoms with E-state index in [9.17, 15) is 0 Å². The zero-order valence-corrected chi connectivity index (χ0v) is 12.6. The summed E-state index contributed by atoms with van der Waals surface area (Å²) in [4.78, 5) is 0. The van der Waals surface area contributed by atoms with Crippen LogP contribution in [0.2, 0.25) is 5.02 Å². The SMILES string of the molecule is CC(C)CC(N)c1nnc(CCc2ccc(Cl)cc2)o1. The maximum atomic E-state index is 6.02. The standard InChI is InChI=1S/C15H20ClN3O/c1-10(2)9-13(17)15-19-18-14(20-15)8-5-11-3-6-12(16)7-4-11/h3-4,6-7,10,13H,5,8-9,17H2,1-2H3. The van der Waals surface area contributed by atoms with Gasteiger partial charge in [0.25, 0.3) is 0 Å². The molecule has 0 fully saturated rings. The van der Waals surface area contributed by atoms with E-state index < -0.39 is 0 Å². The summed E-state index contributed by atoms with van der Waals surface area (Å²) in [6, 6.07) is 7.60. The number of nitrogens with two attached hydrogens (primary N) is 1. The summed E-state index contributed by atoms with van der Waals surface area (Å²) < 4.78 is 5.62. The second-order valence-corrected chi connectivity index (χ2v) is 5.83. The Kier molecular flexibility index (Phi) is 5.15. The van der Waals surface area contributed by atoms with Crippen LogP contribution in [0.3, 0.4) is 0 Å². The van der Waals surface area contributed by atoms with Crippen molar-refractivity contribution >= 4 is 11.6 Å². The van der Waals surface area contributed by atoms with E-state index in [0.717, 1.165) is 17.9 Å². The monoisotopic (exact) mass is 293 g/mol. The summed E-state index contributed by atoms with van der Waals surface area (Å²) in [6.07, 6.45) is 2.40. The van der Waals surface area contributed by atoms with Gasteiger partial charge in [0, 0.05) is 11.4 Å². The fraction of sp³-hybridized carbons (Fsp3) is 0.467. The molecule has 0 aliphatic heterocycles. The molecule has 1 atom stereocenters. The van der Waals surface area contributed by atoms with Gasteiger partial charge in [0.15, 0.2) is 0 Å². The third-order valence-electron chi connectivity index (χ3n) is 3.07. The summed E-state index contributed by atoms with van der Waals surface area (Å²) in [5.41, 5.74) is 7.22. The molecule has 1 unspecified atom stereocenters. The van der Waals surface area contributed by atoms with Crippen LogP contribution in [-0.4, -0.2) is 10.2 Å². The van der Waals surface area contributed by atoms with Crippen molar-refractivity contribution in [3.8, 4) is 0 Å². The predicted molar refractivity (Wildman–Crippen MR) is 79.5 cm³/mol. The van der Waals surface area contributed by atoms with E-state index in [0.29, 0.717) is 24.1 Å². The molecule has 108 valence electrons. The van der Waals surface area contributed by atoms with Crippen LogP contribution in [0.5, 0.6) is 0 Å². The Bertz CT molecular complexity index is 536. The first-order chi connectivity index (χ1) is 9.54. The highest BCUT2D eigenvalue weighted by molar-refractivity contribution is 6.30. The van der Waals surface area contributed by atoms with Crippen LogP contribution in [0.15, 0.2) is 28.7 Å². The zero-order chi connectivity index (χ0) is 14.5. The largest absolute Gasteiger partial charge is 0.424 e. The number of rotatable bonds is 6. The average molecular weight is 294 g/mol. The molecule has 5 heteroatoms. The fourth-order valence-electron chi connectivity index (χ4n) is 2.03. The smallest absolute Gasteiger partial charge is 0.233 e. The molecule has 1 heterocycles. The van der Waals surface area contributed by atoms with Gasteiger partial charge in [0.1, 0.15) is 0 Å². The van der Waals surface area contributed by atoms with E-state index in [4.69, 9.17) is 21.8 Å². The van der Waals surface area contributed by atoms with E-state index in [1.807, 2.05) is 24.3 Å². The molecule has 1 aromatic heterocycles. The van der Waals surface area contributed by atoms with Crippen molar-refractivity contribution in [1.29, 1.82) is 0 Å². The fourth-order valence-corrected chi connectivity index (χ4v) is 2.15. The van der Waals surface area contributed by atoms with Crippen molar-refractivity contribution in [3.05, 3.63) is 46.6 Å². The van der Waals surface area contributed by atoms with E-state index in [2.05, 4.69) is 24.0 Å². The van der Waals surface area contributed by atoms with Gasteiger partial charge in [-0.05, 0) is 36.5 Å². The molecule has 0 amide bonds. The molecule has 1 aromatic carbocycles. The average Bonchev–Trinajstić information content (AvgIpc) is 2.86. The lowest BCUT2D eigenvalue weighted by atomic mass is 10.0. The van der Waals surface area contributed by atoms with E-state index in [1.165, 1.54) is 5.56 Å². The van der Waals surface area contributed by atoms with Crippen molar-refractivity contribution in [1.82, 2.24) is 10.2 Å². The van der Waals surface area contributed by atoms with Gasteiger partial charge in [-0.3, -0.25) is 0 Å². The molecule has 4 nitrogen and oxygen atoms in total. The lowest BCUT2D eigenvalue weighted by Gasteiger charge is -2.08. The minimum Gasteiger partial charge on any atom is -0.424 e. The second kappa shape index (κ2) is 6.86. The summed E-state index contributed by atoms with van der Waals surface area (Å²) >= 11 is 5.85. The first-order valence-corrected chi connectivity index (χ1v) is 7.24. The van der Waals surface area contributed by atoms with E-state index in [1.54, 1.807) is 0 Å². The van der Waals surface area contributed by atoms with Crippen LogP contribution in [0.1, 0.15) is 43.7 Å². The number of nitrogens with zero attached hydrogens (tertiary/aromatic N) is 2. The number of halogens is 1. The normalized spacial score (nSPS) is 12.8. The van der Waals surface area contributed by atoms with Crippen molar-refractivity contribution in [3.63, 3.8) is 0 Å². The van der Waals surface area contributed by atoms with Gasteiger partial charge >= 0.3 is 0 Å². The summed E-state index contributed by atoms with van der Waals surface area (Å²) in [5.74, 6) is 1.67. The minimum atomic E-state index is -0.174. The molecule has 0 saturated carbocycles. The molecule has 0 spiro atoms. The van der Waals surface area contributed by atoms with Gasteiger partial charge in [-0.15, -0.1) is 10.2 Å². The maximum Gasteiger partial charge on any atom is 0.233 e. The molecule has 0 bridgehead atoms. The Morgan fingerprint density at radius 3 is 2.50 bits per heavy atom. The predicted octanol–water partition coefficient (Wildman–Crippen LogP) is 3.55. The topological polar surface area (TPSA) is 64.9 Å². The van der Waals surface area contributed by atoms with Crippen molar-refractivity contribution < 1.29 is 4.42 Å². The summed E-state index contributed by atoms with van der Waals surface area (Å²) in [6.45, 7) is 4.25. The van der Waals surface area contributed by atoms with Crippen molar-refractivity contribution in [2.24, 2.45) is 11.7 Å². The van der Waals surface area contributed by atoms with Crippen LogP contribution in [0.25, 0.3) is 0 Å². The van der Waals surface area contributed by atoms with Gasteiger partial charge < -0.3 is 10.2 Å².